The molecule has 2 N–H and O–H groups in total. The van der Waals surface area contributed by atoms with Crippen LogP contribution in [0.4, 0.5) is 22.0 Å². The Morgan fingerprint density at radius 3 is 2.18 bits per heavy atom. The van der Waals surface area contributed by atoms with E-state index in [2.05, 4.69) is 10.3 Å². The second-order valence-electron chi connectivity index (χ2n) is 7.57. The van der Waals surface area contributed by atoms with E-state index in [1.54, 1.807) is 0 Å². The van der Waals surface area contributed by atoms with Gasteiger partial charge in [-0.15, -0.1) is 5.10 Å². The van der Waals surface area contributed by atoms with Crippen molar-refractivity contribution < 1.29 is 27.1 Å². The van der Waals surface area contributed by atoms with Crippen LogP contribution < -0.4 is 0 Å². The van der Waals surface area contributed by atoms with Gasteiger partial charge in [0.25, 0.3) is 0 Å². The molecule has 0 aliphatic heterocycles. The first-order valence-corrected chi connectivity index (χ1v) is 9.81. The lowest BCUT2D eigenvalue weighted by molar-refractivity contribution is -0.247. The lowest BCUT2D eigenvalue weighted by Crippen LogP contribution is -2.43. The number of benzene rings is 4. The first kappa shape index (κ1) is 21.0. The molecule has 0 aliphatic carbocycles. The van der Waals surface area contributed by atoms with Crippen LogP contribution in [0.5, 0.6) is 0 Å². The number of hydrogen-bond donors (Lipinski definition) is 0. The number of rotatable bonds is 3. The van der Waals surface area contributed by atoms with Crippen LogP contribution in [0.2, 0.25) is 0 Å². The molecule has 0 saturated carbocycles. The molecule has 0 radical (unpaired) electrons. The van der Waals surface area contributed by atoms with Gasteiger partial charge in [0.15, 0.2) is 0 Å². The summed E-state index contributed by atoms with van der Waals surface area (Å²) in [6.07, 6.45) is -5.02. The van der Waals surface area contributed by atoms with E-state index in [0.717, 1.165) is 18.2 Å². The number of fused-ring (bicyclic) bond motifs is 2. The van der Waals surface area contributed by atoms with Crippen molar-refractivity contribution in [1.29, 1.82) is 0 Å². The van der Waals surface area contributed by atoms with Crippen LogP contribution in [-0.2, 0) is 5.60 Å². The highest BCUT2D eigenvalue weighted by atomic mass is 19.4. The summed E-state index contributed by atoms with van der Waals surface area (Å²) in [5.74, 6) is -1.11. The largest absolute Gasteiger partial charge is 0.475 e. The molecule has 0 aliphatic rings. The average Bonchev–Trinajstić information content (AvgIpc) is 3.22. The van der Waals surface area contributed by atoms with Gasteiger partial charge in [0.05, 0.1) is 22.3 Å². The van der Waals surface area contributed by atoms with Crippen molar-refractivity contribution in [3.63, 3.8) is 0 Å². The van der Waals surface area contributed by atoms with Gasteiger partial charge in [0.2, 0.25) is 0 Å². The van der Waals surface area contributed by atoms with Gasteiger partial charge in [-0.2, -0.15) is 13.2 Å². The minimum Gasteiger partial charge on any atom is -0.427 e. The summed E-state index contributed by atoms with van der Waals surface area (Å²) < 4.78 is 72.2. The third kappa shape index (κ3) is 3.23. The molecule has 5 aromatic rings. The second kappa shape index (κ2) is 7.35. The Kier molecular flexibility index (Phi) is 4.68. The fraction of sp³-hybridized carbons (Fsp3) is 0.0833. The zero-order valence-corrected chi connectivity index (χ0v) is 16.7. The maximum atomic E-state index is 14.5. The maximum absolute atomic E-state index is 14.5. The van der Waals surface area contributed by atoms with Crippen molar-refractivity contribution in [3.8, 4) is 5.69 Å². The highest BCUT2D eigenvalue weighted by molar-refractivity contribution is 5.88. The molecule has 166 valence electrons. The predicted molar refractivity (Wildman–Crippen MR) is 113 cm³/mol. The molecule has 4 aromatic carbocycles. The van der Waals surface area contributed by atoms with Crippen LogP contribution in [0, 0.1) is 11.6 Å². The van der Waals surface area contributed by atoms with E-state index in [9.17, 15) is 22.0 Å². The molecule has 1 unspecified atom stereocenters. The molecular formula is C24H15F5N3O+. The van der Waals surface area contributed by atoms with Crippen LogP contribution in [0.1, 0.15) is 11.1 Å². The second-order valence-corrected chi connectivity index (χ2v) is 7.57. The van der Waals surface area contributed by atoms with Gasteiger partial charge in [0, 0.05) is 5.39 Å². The van der Waals surface area contributed by atoms with Gasteiger partial charge in [-0.3, -0.25) is 0 Å². The summed E-state index contributed by atoms with van der Waals surface area (Å²) >= 11 is 0. The molecule has 0 fully saturated rings. The third-order valence-electron chi connectivity index (χ3n) is 5.65. The number of hydrogen-bond acceptors (Lipinski definition) is 2. The Morgan fingerprint density at radius 1 is 0.788 bits per heavy atom. The van der Waals surface area contributed by atoms with Gasteiger partial charge in [-0.25, -0.2) is 13.5 Å². The minimum absolute atomic E-state index is 0.000103. The Balaban J connectivity index is 1.72. The van der Waals surface area contributed by atoms with Crippen LogP contribution in [0.3, 0.4) is 0 Å². The highest BCUT2D eigenvalue weighted by Gasteiger charge is 2.62. The van der Waals surface area contributed by atoms with Crippen molar-refractivity contribution in [3.05, 3.63) is 102 Å². The van der Waals surface area contributed by atoms with Crippen LogP contribution in [0.25, 0.3) is 27.5 Å². The maximum Gasteiger partial charge on any atom is 0.475 e. The molecule has 1 atom stereocenters. The Bertz CT molecular complexity index is 1490. The van der Waals surface area contributed by atoms with E-state index >= 15 is 0 Å². The number of aromatic nitrogens is 3. The van der Waals surface area contributed by atoms with Gasteiger partial charge in [0.1, 0.15) is 17.2 Å². The van der Waals surface area contributed by atoms with Crippen molar-refractivity contribution in [2.75, 3.05) is 0 Å². The van der Waals surface area contributed by atoms with Crippen LogP contribution >= 0.6 is 0 Å². The number of halogens is 5. The lowest BCUT2D eigenvalue weighted by atomic mass is 9.82. The molecule has 5 rings (SSSR count). The number of nitrogens with zero attached hydrogens (tertiary/aromatic N) is 3. The van der Waals surface area contributed by atoms with Gasteiger partial charge >= 0.3 is 11.8 Å². The summed E-state index contributed by atoms with van der Waals surface area (Å²) in [7, 11) is 0. The van der Waals surface area contributed by atoms with Crippen molar-refractivity contribution >= 4 is 21.8 Å². The molecular weight excluding hydrogens is 441 g/mol. The normalized spacial score (nSPS) is 14.0. The Morgan fingerprint density at radius 2 is 1.48 bits per heavy atom. The molecule has 4 nitrogen and oxygen atoms in total. The van der Waals surface area contributed by atoms with Gasteiger partial charge < -0.3 is 5.11 Å². The lowest BCUT2D eigenvalue weighted by Gasteiger charge is -2.28. The SMILES string of the molecule is [OH2+]C(c1ccc2c(c1)nnn2-c1ccc(F)cc1)(c1ccc(F)c2ccccc12)C(F)(F)F. The molecule has 0 bridgehead atoms. The third-order valence-corrected chi connectivity index (χ3v) is 5.65. The Labute approximate surface area is 183 Å². The minimum atomic E-state index is -5.02. The Hall–Kier alpha value is -3.85. The summed E-state index contributed by atoms with van der Waals surface area (Å²) in [4.78, 5) is 0. The van der Waals surface area contributed by atoms with Crippen LogP contribution in [-0.4, -0.2) is 26.3 Å². The first-order valence-electron chi connectivity index (χ1n) is 9.81. The van der Waals surface area contributed by atoms with Gasteiger partial charge in [-0.05, 0) is 60.0 Å². The summed E-state index contributed by atoms with van der Waals surface area (Å²) in [5, 5.41) is 16.6. The molecule has 0 amide bonds. The van der Waals surface area contributed by atoms with E-state index in [1.807, 2.05) is 0 Å². The van der Waals surface area contributed by atoms with E-state index in [4.69, 9.17) is 5.11 Å². The summed E-state index contributed by atoms with van der Waals surface area (Å²) in [6, 6.07) is 16.8. The zero-order valence-electron chi connectivity index (χ0n) is 16.7. The van der Waals surface area contributed by atoms with Crippen LogP contribution in [0.15, 0.2) is 78.9 Å². The quantitative estimate of drug-likeness (QED) is 0.270. The van der Waals surface area contributed by atoms with E-state index < -0.39 is 29.0 Å². The average molecular weight is 456 g/mol. The van der Waals surface area contributed by atoms with E-state index in [1.165, 1.54) is 65.3 Å². The van der Waals surface area contributed by atoms with Crippen molar-refractivity contribution in [2.45, 2.75) is 11.8 Å². The molecule has 0 spiro atoms. The van der Waals surface area contributed by atoms with E-state index in [0.29, 0.717) is 11.2 Å². The first-order chi connectivity index (χ1) is 15.7. The monoisotopic (exact) mass is 456 g/mol. The summed E-state index contributed by atoms with van der Waals surface area (Å²) in [5.41, 5.74) is -2.97. The molecule has 0 saturated heterocycles. The van der Waals surface area contributed by atoms with Crippen molar-refractivity contribution in [1.82, 2.24) is 15.0 Å². The fourth-order valence-corrected chi connectivity index (χ4v) is 3.99. The molecule has 9 heteroatoms. The molecule has 33 heavy (non-hydrogen) atoms. The standard InChI is InChI=1S/C24H14F5N3O/c25-15-6-8-16(9-7-15)32-22-12-5-14(13-21(22)30-31-32)23(33,24(27,28)29)19-10-11-20(26)18-4-2-1-3-17(18)19/h1-13,33H/p+1. The van der Waals surface area contributed by atoms with Gasteiger partial charge in [-0.1, -0.05) is 29.5 Å². The fourth-order valence-electron chi connectivity index (χ4n) is 3.99. The smallest absolute Gasteiger partial charge is 0.427 e. The molecule has 1 heterocycles. The zero-order chi connectivity index (χ0) is 23.4. The highest BCUT2D eigenvalue weighted by Crippen LogP contribution is 2.47. The summed E-state index contributed by atoms with van der Waals surface area (Å²) in [6.45, 7) is 0. The predicted octanol–water partition coefficient (Wildman–Crippen LogP) is 5.38. The van der Waals surface area contributed by atoms with E-state index in [-0.39, 0.29) is 21.9 Å². The topological polar surface area (TPSA) is 53.6 Å². The number of alkyl halides is 3. The molecule has 1 aromatic heterocycles. The van der Waals surface area contributed by atoms with Crippen molar-refractivity contribution in [2.24, 2.45) is 0 Å².